The molecule has 6 amide bonds. The van der Waals surface area contributed by atoms with Crippen molar-refractivity contribution in [2.24, 2.45) is 29.0 Å². The lowest BCUT2D eigenvalue weighted by molar-refractivity contribution is -0.138. The number of phenols is 1. The SMILES string of the molecule is NC(N)=C(/C=C(\N)c1ccccc1O)N1CCN(c2ccccc2)C(C(=O)NCC2CCN(C(=O)C3CCN(c4ccc5c(c4)C(=O)N(C4CCC(=O)NC4=O)C5=O)CC3)CC2)C1. The molecule has 17 nitrogen and oxygen atoms in total. The minimum Gasteiger partial charge on any atom is -0.507 e. The number of fused-ring (bicyclic) bond motifs is 1. The normalized spacial score (nSPS) is 21.3. The molecule has 3 aromatic rings. The summed E-state index contributed by atoms with van der Waals surface area (Å²) in [6, 6.07) is 20.0. The van der Waals surface area contributed by atoms with E-state index >= 15 is 0 Å². The van der Waals surface area contributed by atoms with Gasteiger partial charge in [0.25, 0.3) is 11.8 Å². The molecule has 0 saturated carbocycles. The summed E-state index contributed by atoms with van der Waals surface area (Å²) in [4.78, 5) is 87.6. The van der Waals surface area contributed by atoms with Crippen LogP contribution < -0.4 is 37.6 Å². The van der Waals surface area contributed by atoms with E-state index in [2.05, 4.69) is 20.4 Å². The molecule has 2 unspecified atom stereocenters. The van der Waals surface area contributed by atoms with Gasteiger partial charge in [0.1, 0.15) is 23.7 Å². The number of benzene rings is 3. The number of nitrogens with one attached hydrogen (secondary N) is 2. The number of hydrogen-bond donors (Lipinski definition) is 6. The highest BCUT2D eigenvalue weighted by atomic mass is 16.3. The van der Waals surface area contributed by atoms with Gasteiger partial charge >= 0.3 is 0 Å². The Kier molecular flexibility index (Phi) is 12.3. The maximum absolute atomic E-state index is 14.1. The van der Waals surface area contributed by atoms with Crippen molar-refractivity contribution in [3.05, 3.63) is 107 Å². The number of nitrogens with two attached hydrogens (primary N) is 3. The number of para-hydroxylation sites is 2. The number of rotatable bonds is 10. The number of carbonyl (C=O) groups is 6. The van der Waals surface area contributed by atoms with Crippen LogP contribution in [0.5, 0.6) is 5.75 Å². The molecule has 4 fully saturated rings. The third kappa shape index (κ3) is 8.85. The number of hydrogen-bond acceptors (Lipinski definition) is 13. The molecule has 4 saturated heterocycles. The maximum atomic E-state index is 14.1. The van der Waals surface area contributed by atoms with E-state index in [1.807, 2.05) is 40.1 Å². The monoisotopic (exact) mass is 858 g/mol. The Balaban J connectivity index is 0.837. The number of allylic oxidation sites excluding steroid dienone is 1. The van der Waals surface area contributed by atoms with Crippen LogP contribution in [-0.4, -0.2) is 120 Å². The van der Waals surface area contributed by atoms with Gasteiger partial charge in [0.05, 0.1) is 16.8 Å². The van der Waals surface area contributed by atoms with Crippen LogP contribution in [0.25, 0.3) is 5.70 Å². The molecule has 0 bridgehead atoms. The zero-order valence-electron chi connectivity index (χ0n) is 35.1. The molecule has 0 spiro atoms. The van der Waals surface area contributed by atoms with E-state index in [1.54, 1.807) is 48.5 Å². The number of carbonyl (C=O) groups excluding carboxylic acids is 6. The van der Waals surface area contributed by atoms with E-state index in [1.165, 1.54) is 0 Å². The van der Waals surface area contributed by atoms with E-state index in [-0.39, 0.29) is 71.4 Å². The number of phenolic OH excluding ortho intramolecular Hbond substituents is 1. The topological polar surface area (TPSA) is 241 Å². The zero-order valence-corrected chi connectivity index (χ0v) is 35.1. The quantitative estimate of drug-likeness (QED) is 0.126. The van der Waals surface area contributed by atoms with Crippen molar-refractivity contribution < 1.29 is 33.9 Å². The highest BCUT2D eigenvalue weighted by Gasteiger charge is 2.45. The summed E-state index contributed by atoms with van der Waals surface area (Å²) in [7, 11) is 0. The predicted octanol–water partition coefficient (Wildman–Crippen LogP) is 1.64. The van der Waals surface area contributed by atoms with Crippen molar-refractivity contribution in [1.29, 1.82) is 0 Å². The second kappa shape index (κ2) is 18.1. The number of likely N-dealkylation sites (tertiary alicyclic amines) is 1. The molecule has 8 rings (SSSR count). The van der Waals surface area contributed by atoms with E-state index in [4.69, 9.17) is 17.2 Å². The number of amides is 6. The number of aromatic hydroxyl groups is 1. The molecule has 0 radical (unpaired) electrons. The molecule has 17 heteroatoms. The third-order valence-electron chi connectivity index (χ3n) is 13.0. The van der Waals surface area contributed by atoms with Gasteiger partial charge in [0.2, 0.25) is 23.6 Å². The average Bonchev–Trinajstić information content (AvgIpc) is 3.54. The van der Waals surface area contributed by atoms with E-state index in [0.29, 0.717) is 69.9 Å². The van der Waals surface area contributed by atoms with Crippen LogP contribution in [0.1, 0.15) is 64.8 Å². The summed E-state index contributed by atoms with van der Waals surface area (Å²) < 4.78 is 0. The smallest absolute Gasteiger partial charge is 0.262 e. The Morgan fingerprint density at radius 2 is 1.46 bits per heavy atom. The first-order valence-corrected chi connectivity index (χ1v) is 21.6. The van der Waals surface area contributed by atoms with Crippen molar-refractivity contribution in [2.75, 3.05) is 62.2 Å². The van der Waals surface area contributed by atoms with Gasteiger partial charge in [-0.3, -0.25) is 39.0 Å². The number of nitrogens with zero attached hydrogens (tertiary/aromatic N) is 5. The third-order valence-corrected chi connectivity index (χ3v) is 13.0. The minimum atomic E-state index is -1.02. The summed E-state index contributed by atoms with van der Waals surface area (Å²) in [5, 5.41) is 15.8. The van der Waals surface area contributed by atoms with Gasteiger partial charge in [0, 0.05) is 87.3 Å². The zero-order chi connectivity index (χ0) is 44.4. The van der Waals surface area contributed by atoms with Gasteiger partial charge in [-0.2, -0.15) is 0 Å². The van der Waals surface area contributed by atoms with E-state index < -0.39 is 35.7 Å². The van der Waals surface area contributed by atoms with Crippen molar-refractivity contribution >= 4 is 52.5 Å². The van der Waals surface area contributed by atoms with Gasteiger partial charge in [-0.15, -0.1) is 0 Å². The van der Waals surface area contributed by atoms with Crippen molar-refractivity contribution in [1.82, 2.24) is 25.3 Å². The standard InChI is InChI=1S/C46H54N10O7/c47-35(33-8-4-5-9-39(33)57)25-37(41(48)49)54-22-23-55(30-6-2-1-3-7-30)38(27-54)42(59)50-26-28-14-18-53(19-15-28)44(61)29-16-20-52(21-17-29)31-10-11-32-34(24-31)46(63)56(45(32)62)36-12-13-40(58)51-43(36)60/h1-11,24-25,28-29,36,38,57H,12-23,26-27,47-49H2,(H,50,59)(H,51,58,60)/b35-25-. The van der Waals surface area contributed by atoms with Crippen molar-refractivity contribution in [3.63, 3.8) is 0 Å². The second-order valence-corrected chi connectivity index (χ2v) is 16.9. The molecule has 0 aromatic heterocycles. The molecule has 330 valence electrons. The average molecular weight is 859 g/mol. The lowest BCUT2D eigenvalue weighted by Crippen LogP contribution is -2.59. The molecule has 5 aliphatic rings. The van der Waals surface area contributed by atoms with Gasteiger partial charge in [-0.1, -0.05) is 30.3 Å². The highest BCUT2D eigenvalue weighted by molar-refractivity contribution is 6.23. The largest absolute Gasteiger partial charge is 0.507 e. The van der Waals surface area contributed by atoms with Gasteiger partial charge < -0.3 is 47.2 Å². The summed E-state index contributed by atoms with van der Waals surface area (Å²) in [6.07, 6.45) is 4.59. The minimum absolute atomic E-state index is 0.0285. The number of piperidine rings is 3. The summed E-state index contributed by atoms with van der Waals surface area (Å²) in [5.41, 5.74) is 22.2. The summed E-state index contributed by atoms with van der Waals surface area (Å²) in [5.74, 6) is -2.02. The first-order chi connectivity index (χ1) is 30.4. The lowest BCUT2D eigenvalue weighted by atomic mass is 9.91. The van der Waals surface area contributed by atoms with Crippen LogP contribution in [0.3, 0.4) is 0 Å². The van der Waals surface area contributed by atoms with E-state index in [0.717, 1.165) is 29.1 Å². The maximum Gasteiger partial charge on any atom is 0.262 e. The van der Waals surface area contributed by atoms with Crippen LogP contribution in [0.4, 0.5) is 11.4 Å². The molecule has 9 N–H and O–H groups in total. The molecular weight excluding hydrogens is 805 g/mol. The van der Waals surface area contributed by atoms with Crippen LogP contribution in [0.2, 0.25) is 0 Å². The first kappa shape index (κ1) is 42.6. The number of imide groups is 2. The van der Waals surface area contributed by atoms with Gasteiger partial charge in [-0.25, -0.2) is 0 Å². The molecule has 63 heavy (non-hydrogen) atoms. The number of anilines is 2. The van der Waals surface area contributed by atoms with Crippen LogP contribution in [0.15, 0.2) is 90.4 Å². The molecule has 0 aliphatic carbocycles. The summed E-state index contributed by atoms with van der Waals surface area (Å²) >= 11 is 0. The Hall–Kier alpha value is -7.04. The molecule has 3 aromatic carbocycles. The van der Waals surface area contributed by atoms with Crippen LogP contribution in [0, 0.1) is 11.8 Å². The molecule has 5 aliphatic heterocycles. The Bertz CT molecular complexity index is 2350. The van der Waals surface area contributed by atoms with Crippen molar-refractivity contribution in [2.45, 2.75) is 50.6 Å². The lowest BCUT2D eigenvalue weighted by Gasteiger charge is -2.43. The molecular formula is C46H54N10O7. The van der Waals surface area contributed by atoms with Crippen LogP contribution in [-0.2, 0) is 19.2 Å². The fourth-order valence-electron chi connectivity index (χ4n) is 9.47. The van der Waals surface area contributed by atoms with Gasteiger partial charge in [0.15, 0.2) is 0 Å². The van der Waals surface area contributed by atoms with E-state index in [9.17, 15) is 33.9 Å². The second-order valence-electron chi connectivity index (χ2n) is 16.9. The molecule has 2 atom stereocenters. The Morgan fingerprint density at radius 1 is 0.762 bits per heavy atom. The Labute approximate surface area is 365 Å². The summed E-state index contributed by atoms with van der Waals surface area (Å²) in [6.45, 7) is 4.21. The Morgan fingerprint density at radius 3 is 2.16 bits per heavy atom. The number of piperazine rings is 1. The molecule has 5 heterocycles. The first-order valence-electron chi connectivity index (χ1n) is 21.6. The fraction of sp³-hybridized carbons (Fsp3) is 0.391. The fourth-order valence-corrected chi connectivity index (χ4v) is 9.47. The highest BCUT2D eigenvalue weighted by Crippen LogP contribution is 2.33. The van der Waals surface area contributed by atoms with Gasteiger partial charge in [-0.05, 0) is 86.6 Å². The predicted molar refractivity (Wildman–Crippen MR) is 235 cm³/mol. The van der Waals surface area contributed by atoms with Crippen LogP contribution >= 0.6 is 0 Å². The van der Waals surface area contributed by atoms with Crippen molar-refractivity contribution in [3.8, 4) is 5.75 Å².